The van der Waals surface area contributed by atoms with E-state index >= 15 is 0 Å². The molecule has 3 N–H and O–H groups in total. The Balaban J connectivity index is 2.55. The Morgan fingerprint density at radius 3 is 2.86 bits per heavy atom. The number of hydrogen-bond acceptors (Lipinski definition) is 3. The van der Waals surface area contributed by atoms with Crippen LogP contribution in [0.2, 0.25) is 0 Å². The Morgan fingerprint density at radius 2 is 2.29 bits per heavy atom. The number of aliphatic hydroxyl groups is 1. The number of hydrogen-bond donors (Lipinski definition) is 2. The minimum Gasteiger partial charge on any atom is -0.492 e. The molecular weight excluding hydrogens is 185 g/mol. The predicted molar refractivity (Wildman–Crippen MR) is 51.7 cm³/mol. The minimum atomic E-state index is -0.431. The third-order valence-corrected chi connectivity index (χ3v) is 1.84. The van der Waals surface area contributed by atoms with E-state index in [-0.39, 0.29) is 19.0 Å². The molecule has 0 saturated carbocycles. The van der Waals surface area contributed by atoms with Gasteiger partial charge in [-0.15, -0.1) is 0 Å². The lowest BCUT2D eigenvalue weighted by molar-refractivity contribution is 0.206. The molecule has 0 aliphatic carbocycles. The number of benzene rings is 1. The van der Waals surface area contributed by atoms with Gasteiger partial charge in [0.15, 0.2) is 0 Å². The lowest BCUT2D eigenvalue weighted by atomic mass is 10.2. The topological polar surface area (TPSA) is 55.5 Å². The fourth-order valence-corrected chi connectivity index (χ4v) is 0.919. The van der Waals surface area contributed by atoms with E-state index in [2.05, 4.69) is 0 Å². The molecule has 0 heterocycles. The smallest absolute Gasteiger partial charge is 0.129 e. The van der Waals surface area contributed by atoms with Gasteiger partial charge in [-0.2, -0.15) is 0 Å². The molecule has 0 bridgehead atoms. The molecule has 1 aromatic rings. The van der Waals surface area contributed by atoms with E-state index < -0.39 is 6.04 Å². The quantitative estimate of drug-likeness (QED) is 0.755. The molecule has 1 unspecified atom stereocenters. The van der Waals surface area contributed by atoms with E-state index in [1.807, 2.05) is 0 Å². The third kappa shape index (κ3) is 2.97. The summed E-state index contributed by atoms with van der Waals surface area (Å²) in [5.74, 6) is 0.122. The normalized spacial score (nSPS) is 12.6. The van der Waals surface area contributed by atoms with Crippen LogP contribution < -0.4 is 10.5 Å². The van der Waals surface area contributed by atoms with E-state index in [1.165, 1.54) is 6.07 Å². The maximum atomic E-state index is 13.0. The molecule has 0 aliphatic rings. The average molecular weight is 199 g/mol. The fraction of sp³-hybridized carbons (Fsp3) is 0.400. The van der Waals surface area contributed by atoms with Crippen molar-refractivity contribution in [1.82, 2.24) is 0 Å². The number of aryl methyl sites for hydroxylation is 1. The second-order valence-corrected chi connectivity index (χ2v) is 3.16. The van der Waals surface area contributed by atoms with E-state index in [0.717, 1.165) is 0 Å². The van der Waals surface area contributed by atoms with E-state index in [4.69, 9.17) is 15.6 Å². The molecule has 3 nitrogen and oxygen atoms in total. The first kappa shape index (κ1) is 10.9. The summed E-state index contributed by atoms with van der Waals surface area (Å²) in [6.07, 6.45) is 0. The molecule has 1 aromatic carbocycles. The van der Waals surface area contributed by atoms with Gasteiger partial charge in [0, 0.05) is 6.07 Å². The zero-order valence-electron chi connectivity index (χ0n) is 8.03. The predicted octanol–water partition coefficient (Wildman–Crippen LogP) is 0.833. The van der Waals surface area contributed by atoms with Gasteiger partial charge in [0.25, 0.3) is 0 Å². The van der Waals surface area contributed by atoms with Crippen molar-refractivity contribution in [3.8, 4) is 5.75 Å². The van der Waals surface area contributed by atoms with Crippen LogP contribution in [0.5, 0.6) is 5.75 Å². The zero-order chi connectivity index (χ0) is 10.6. The summed E-state index contributed by atoms with van der Waals surface area (Å²) in [7, 11) is 0. The Kier molecular flexibility index (Phi) is 3.85. The van der Waals surface area contributed by atoms with Crippen molar-refractivity contribution in [2.45, 2.75) is 13.0 Å². The largest absolute Gasteiger partial charge is 0.492 e. The highest BCUT2D eigenvalue weighted by molar-refractivity contribution is 5.27. The molecule has 0 aromatic heterocycles. The second-order valence-electron chi connectivity index (χ2n) is 3.16. The Bertz CT molecular complexity index is 304. The molecule has 0 spiro atoms. The van der Waals surface area contributed by atoms with Crippen molar-refractivity contribution in [1.29, 1.82) is 0 Å². The minimum absolute atomic E-state index is 0.145. The first-order valence-electron chi connectivity index (χ1n) is 4.39. The highest BCUT2D eigenvalue weighted by Crippen LogP contribution is 2.15. The molecule has 1 atom stereocenters. The number of aliphatic hydroxyl groups excluding tert-OH is 1. The van der Waals surface area contributed by atoms with Gasteiger partial charge in [0.2, 0.25) is 0 Å². The Hall–Kier alpha value is -1.13. The van der Waals surface area contributed by atoms with Gasteiger partial charge in [-0.1, -0.05) is 6.07 Å². The maximum Gasteiger partial charge on any atom is 0.129 e. The molecule has 4 heteroatoms. The van der Waals surface area contributed by atoms with Crippen LogP contribution in [0.3, 0.4) is 0 Å². The Labute approximate surface area is 82.3 Å². The summed E-state index contributed by atoms with van der Waals surface area (Å²) in [5, 5.41) is 8.63. The van der Waals surface area contributed by atoms with Crippen LogP contribution in [0.4, 0.5) is 4.39 Å². The van der Waals surface area contributed by atoms with Gasteiger partial charge < -0.3 is 15.6 Å². The maximum absolute atomic E-state index is 13.0. The molecule has 1 rings (SSSR count). The lowest BCUT2D eigenvalue weighted by Crippen LogP contribution is -2.31. The van der Waals surface area contributed by atoms with Crippen LogP contribution in [0.1, 0.15) is 5.56 Å². The number of halogens is 1. The number of rotatable bonds is 4. The van der Waals surface area contributed by atoms with Gasteiger partial charge in [0.1, 0.15) is 18.2 Å². The second kappa shape index (κ2) is 4.93. The molecule has 0 radical (unpaired) electrons. The average Bonchev–Trinajstić information content (AvgIpc) is 2.19. The van der Waals surface area contributed by atoms with Crippen molar-refractivity contribution in [2.24, 2.45) is 5.73 Å². The van der Waals surface area contributed by atoms with E-state index in [0.29, 0.717) is 11.3 Å². The van der Waals surface area contributed by atoms with Crippen molar-refractivity contribution in [3.05, 3.63) is 29.6 Å². The van der Waals surface area contributed by atoms with Crippen molar-refractivity contribution in [3.63, 3.8) is 0 Å². The van der Waals surface area contributed by atoms with Gasteiger partial charge in [0.05, 0.1) is 12.6 Å². The molecule has 0 saturated heterocycles. The van der Waals surface area contributed by atoms with Crippen molar-refractivity contribution < 1.29 is 14.2 Å². The first-order valence-corrected chi connectivity index (χ1v) is 4.39. The lowest BCUT2D eigenvalue weighted by Gasteiger charge is -2.10. The zero-order valence-corrected chi connectivity index (χ0v) is 8.03. The van der Waals surface area contributed by atoms with Crippen LogP contribution >= 0.6 is 0 Å². The molecule has 78 valence electrons. The summed E-state index contributed by atoms with van der Waals surface area (Å²) in [6, 6.07) is 4.18. The van der Waals surface area contributed by atoms with E-state index in [9.17, 15) is 4.39 Å². The van der Waals surface area contributed by atoms with Crippen LogP contribution in [-0.4, -0.2) is 24.4 Å². The standard InChI is InChI=1S/C10H14FNO2/c1-7-2-3-9(4-10(7)11)14-6-8(12)5-13/h2-4,8,13H,5-6,12H2,1H3. The van der Waals surface area contributed by atoms with Gasteiger partial charge >= 0.3 is 0 Å². The first-order chi connectivity index (χ1) is 6.63. The Morgan fingerprint density at radius 1 is 1.57 bits per heavy atom. The summed E-state index contributed by atoms with van der Waals surface area (Å²) < 4.78 is 18.2. The summed E-state index contributed by atoms with van der Waals surface area (Å²) in [5.41, 5.74) is 5.99. The summed E-state index contributed by atoms with van der Waals surface area (Å²) >= 11 is 0. The molecule has 0 amide bonds. The fourth-order valence-electron chi connectivity index (χ4n) is 0.919. The molecule has 0 aliphatic heterocycles. The van der Waals surface area contributed by atoms with Gasteiger partial charge in [-0.25, -0.2) is 4.39 Å². The molecular formula is C10H14FNO2. The summed E-state index contributed by atoms with van der Waals surface area (Å²) in [4.78, 5) is 0. The van der Waals surface area contributed by atoms with Gasteiger partial charge in [-0.05, 0) is 18.6 Å². The van der Waals surface area contributed by atoms with Crippen LogP contribution in [0.15, 0.2) is 18.2 Å². The number of nitrogens with two attached hydrogens (primary N) is 1. The third-order valence-electron chi connectivity index (χ3n) is 1.84. The highest BCUT2D eigenvalue weighted by atomic mass is 19.1. The van der Waals surface area contributed by atoms with Crippen LogP contribution in [0, 0.1) is 12.7 Å². The molecule has 0 fully saturated rings. The monoisotopic (exact) mass is 199 g/mol. The summed E-state index contributed by atoms with van der Waals surface area (Å²) in [6.45, 7) is 1.71. The van der Waals surface area contributed by atoms with Crippen LogP contribution in [0.25, 0.3) is 0 Å². The molecule has 14 heavy (non-hydrogen) atoms. The van der Waals surface area contributed by atoms with Crippen LogP contribution in [-0.2, 0) is 0 Å². The van der Waals surface area contributed by atoms with Crippen molar-refractivity contribution in [2.75, 3.05) is 13.2 Å². The SMILES string of the molecule is Cc1ccc(OCC(N)CO)cc1F. The number of ether oxygens (including phenoxy) is 1. The van der Waals surface area contributed by atoms with Gasteiger partial charge in [-0.3, -0.25) is 0 Å². The van der Waals surface area contributed by atoms with Crippen molar-refractivity contribution >= 4 is 0 Å². The van der Waals surface area contributed by atoms with E-state index in [1.54, 1.807) is 19.1 Å². The highest BCUT2D eigenvalue weighted by Gasteiger charge is 2.03.